The van der Waals surface area contributed by atoms with Crippen molar-refractivity contribution >= 4 is 37.6 Å². The van der Waals surface area contributed by atoms with Crippen molar-refractivity contribution in [1.29, 1.82) is 0 Å². The molecule has 1 nitrogen and oxygen atoms in total. The van der Waals surface area contributed by atoms with E-state index in [0.717, 1.165) is 16.6 Å². The number of ketones is 1. The molecule has 0 unspecified atom stereocenters. The lowest BCUT2D eigenvalue weighted by atomic mass is 10.1. The third-order valence-corrected chi connectivity index (χ3v) is 3.26. The highest BCUT2D eigenvalue weighted by Crippen LogP contribution is 2.25. The molecule has 2 aromatic rings. The molecule has 8 heteroatoms. The van der Waals surface area contributed by atoms with E-state index in [1.807, 2.05) is 0 Å². The lowest BCUT2D eigenvalue weighted by Crippen LogP contribution is -2.23. The van der Waals surface area contributed by atoms with Crippen LogP contribution in [0.2, 0.25) is 0 Å². The van der Waals surface area contributed by atoms with Crippen LogP contribution in [0.1, 0.15) is 10.4 Å². The summed E-state index contributed by atoms with van der Waals surface area (Å²) in [5, 5.41) is 0. The van der Waals surface area contributed by atoms with Gasteiger partial charge in [0.25, 0.3) is 5.78 Å². The Labute approximate surface area is 139 Å². The predicted molar refractivity (Wildman–Crippen MR) is 78.6 cm³/mol. The van der Waals surface area contributed by atoms with Crippen LogP contribution in [0, 0.1) is 11.6 Å². The summed E-state index contributed by atoms with van der Waals surface area (Å²) in [6.45, 7) is 0. The second-order valence-corrected chi connectivity index (χ2v) is 5.72. The molecule has 0 heterocycles. The Kier molecular flexibility index (Phi) is 6.67. The number of hydrogen-bond acceptors (Lipinski definition) is 1. The van der Waals surface area contributed by atoms with Gasteiger partial charge in [-0.3, -0.25) is 4.79 Å². The zero-order valence-corrected chi connectivity index (χ0v) is 13.8. The van der Waals surface area contributed by atoms with E-state index in [9.17, 15) is 26.7 Å². The molecule has 0 N–H and O–H groups in total. The summed E-state index contributed by atoms with van der Waals surface area (Å²) in [7, 11) is 0. The van der Waals surface area contributed by atoms with Crippen LogP contribution in [0.3, 0.4) is 0 Å². The minimum atomic E-state index is -5.05. The van der Waals surface area contributed by atoms with Crippen LogP contribution in [0.5, 0.6) is 0 Å². The Morgan fingerprint density at radius 3 is 1.82 bits per heavy atom. The third kappa shape index (κ3) is 5.84. The van der Waals surface area contributed by atoms with Gasteiger partial charge in [-0.05, 0) is 42.5 Å². The van der Waals surface area contributed by atoms with Crippen LogP contribution >= 0.6 is 31.9 Å². The van der Waals surface area contributed by atoms with E-state index in [2.05, 4.69) is 31.9 Å². The van der Waals surface area contributed by atoms with Crippen molar-refractivity contribution in [2.24, 2.45) is 0 Å². The van der Waals surface area contributed by atoms with Gasteiger partial charge < -0.3 is 0 Å². The molecule has 0 amide bonds. The normalized spacial score (nSPS) is 10.7. The van der Waals surface area contributed by atoms with E-state index in [-0.39, 0.29) is 10.3 Å². The first kappa shape index (κ1) is 18.8. The first-order chi connectivity index (χ1) is 10.1. The Balaban J connectivity index is 0.000000255. The van der Waals surface area contributed by atoms with Gasteiger partial charge in [0.1, 0.15) is 11.6 Å². The molecule has 0 radical (unpaired) electrons. The molecule has 2 rings (SSSR count). The molecule has 0 atom stereocenters. The molecule has 0 aliphatic carbocycles. The topological polar surface area (TPSA) is 17.1 Å². The number of hydrogen-bond donors (Lipinski definition) is 0. The van der Waals surface area contributed by atoms with E-state index < -0.39 is 23.3 Å². The molecule has 0 bridgehead atoms. The summed E-state index contributed by atoms with van der Waals surface area (Å²) in [5.41, 5.74) is -0.980. The average Bonchev–Trinajstić information content (AvgIpc) is 2.44. The van der Waals surface area contributed by atoms with Crippen LogP contribution in [-0.2, 0) is 0 Å². The zero-order chi connectivity index (χ0) is 16.9. The van der Waals surface area contributed by atoms with Crippen molar-refractivity contribution in [2.75, 3.05) is 0 Å². The standard InChI is InChI=1S/C8H3BrF4O.C6H4BrF/c9-4-1-2-6(10)5(3-4)7(14)8(11,12)13;7-5-1-3-6(8)4-2-5/h1-3H;1-4H. The molecule has 0 aliphatic heterocycles. The van der Waals surface area contributed by atoms with E-state index in [4.69, 9.17) is 0 Å². The molecular weight excluding hydrogens is 439 g/mol. The van der Waals surface area contributed by atoms with Gasteiger partial charge in [0, 0.05) is 8.95 Å². The lowest BCUT2D eigenvalue weighted by molar-refractivity contribution is -0.0887. The minimum absolute atomic E-state index is 0.201. The van der Waals surface area contributed by atoms with E-state index in [1.165, 1.54) is 18.2 Å². The van der Waals surface area contributed by atoms with Crippen LogP contribution < -0.4 is 0 Å². The largest absolute Gasteiger partial charge is 0.454 e. The third-order valence-electron chi connectivity index (χ3n) is 2.23. The SMILES string of the molecule is Fc1ccc(Br)cc1.O=C(c1cc(Br)ccc1F)C(F)(F)F. The van der Waals surface area contributed by atoms with Gasteiger partial charge >= 0.3 is 6.18 Å². The minimum Gasteiger partial charge on any atom is -0.284 e. The van der Waals surface area contributed by atoms with Crippen molar-refractivity contribution in [1.82, 2.24) is 0 Å². The number of alkyl halides is 3. The number of carbonyl (C=O) groups excluding carboxylic acids is 1. The van der Waals surface area contributed by atoms with Gasteiger partial charge in [-0.1, -0.05) is 31.9 Å². The summed E-state index contributed by atoms with van der Waals surface area (Å²) >= 11 is 6.02. The van der Waals surface area contributed by atoms with E-state index in [1.54, 1.807) is 12.1 Å². The van der Waals surface area contributed by atoms with Gasteiger partial charge in [-0.15, -0.1) is 0 Å². The quantitative estimate of drug-likeness (QED) is 0.393. The zero-order valence-electron chi connectivity index (χ0n) is 10.6. The predicted octanol–water partition coefficient (Wildman–Crippen LogP) is 5.92. The summed E-state index contributed by atoms with van der Waals surface area (Å²) in [4.78, 5) is 10.7. The smallest absolute Gasteiger partial charge is 0.284 e. The molecule has 118 valence electrons. The number of carbonyl (C=O) groups is 1. The number of halogens is 7. The molecule has 0 aliphatic rings. The summed E-state index contributed by atoms with van der Waals surface area (Å²) in [6.07, 6.45) is -5.05. The summed E-state index contributed by atoms with van der Waals surface area (Å²) in [5.74, 6) is -3.57. The summed E-state index contributed by atoms with van der Waals surface area (Å²) in [6, 6.07) is 8.94. The lowest BCUT2D eigenvalue weighted by Gasteiger charge is -2.06. The van der Waals surface area contributed by atoms with Crippen molar-refractivity contribution in [3.63, 3.8) is 0 Å². The van der Waals surface area contributed by atoms with Crippen molar-refractivity contribution < 1.29 is 26.7 Å². The fourth-order valence-electron chi connectivity index (χ4n) is 1.25. The Bertz CT molecular complexity index is 632. The highest BCUT2D eigenvalue weighted by molar-refractivity contribution is 9.10. The van der Waals surface area contributed by atoms with E-state index in [0.29, 0.717) is 0 Å². The van der Waals surface area contributed by atoms with Gasteiger partial charge in [0.05, 0.1) is 5.56 Å². The van der Waals surface area contributed by atoms with Crippen molar-refractivity contribution in [3.05, 3.63) is 68.6 Å². The second kappa shape index (κ2) is 7.82. The Morgan fingerprint density at radius 2 is 1.36 bits per heavy atom. The van der Waals surface area contributed by atoms with Gasteiger partial charge in [0.2, 0.25) is 0 Å². The molecular formula is C14H7Br2F5O. The van der Waals surface area contributed by atoms with Crippen LogP contribution in [0.15, 0.2) is 51.4 Å². The van der Waals surface area contributed by atoms with Gasteiger partial charge in [-0.25, -0.2) is 8.78 Å². The maximum atomic E-state index is 12.8. The molecule has 2 aromatic carbocycles. The Hall–Kier alpha value is -1.28. The van der Waals surface area contributed by atoms with Crippen molar-refractivity contribution in [3.8, 4) is 0 Å². The summed E-state index contributed by atoms with van der Waals surface area (Å²) < 4.78 is 61.7. The number of rotatable bonds is 1. The average molecular weight is 446 g/mol. The molecule has 0 fully saturated rings. The fraction of sp³-hybridized carbons (Fsp3) is 0.0714. The molecule has 0 spiro atoms. The molecule has 0 saturated carbocycles. The molecule has 0 saturated heterocycles. The number of Topliss-reactive ketones (excluding diaryl/α,β-unsaturated/α-hetero) is 1. The van der Waals surface area contributed by atoms with E-state index >= 15 is 0 Å². The second-order valence-electron chi connectivity index (χ2n) is 3.89. The Morgan fingerprint density at radius 1 is 0.864 bits per heavy atom. The first-order valence-corrected chi connectivity index (χ1v) is 7.17. The van der Waals surface area contributed by atoms with Crippen molar-refractivity contribution in [2.45, 2.75) is 6.18 Å². The molecule has 22 heavy (non-hydrogen) atoms. The molecule has 0 aromatic heterocycles. The van der Waals surface area contributed by atoms with Crippen LogP contribution in [-0.4, -0.2) is 12.0 Å². The van der Waals surface area contributed by atoms with Gasteiger partial charge in [0.15, 0.2) is 0 Å². The van der Waals surface area contributed by atoms with Gasteiger partial charge in [-0.2, -0.15) is 13.2 Å². The van der Waals surface area contributed by atoms with Crippen LogP contribution in [0.25, 0.3) is 0 Å². The fourth-order valence-corrected chi connectivity index (χ4v) is 1.88. The highest BCUT2D eigenvalue weighted by atomic mass is 79.9. The first-order valence-electron chi connectivity index (χ1n) is 5.59. The number of benzene rings is 2. The maximum absolute atomic E-state index is 12.8. The monoisotopic (exact) mass is 444 g/mol. The highest BCUT2D eigenvalue weighted by Gasteiger charge is 2.40. The maximum Gasteiger partial charge on any atom is 0.454 e. The van der Waals surface area contributed by atoms with Crippen LogP contribution in [0.4, 0.5) is 22.0 Å².